The van der Waals surface area contributed by atoms with Crippen molar-refractivity contribution in [2.24, 2.45) is 9.98 Å². The molecule has 0 unspecified atom stereocenters. The third kappa shape index (κ3) is 6.63. The van der Waals surface area contributed by atoms with Crippen LogP contribution in [0, 0.1) is 49.9 Å². The summed E-state index contributed by atoms with van der Waals surface area (Å²) >= 11 is 6.48. The van der Waals surface area contributed by atoms with Gasteiger partial charge in [0, 0.05) is 13.1 Å². The van der Waals surface area contributed by atoms with Gasteiger partial charge in [0.2, 0.25) is 5.82 Å². The molecular weight excluding hydrogens is 595 g/mol. The number of benzene rings is 3. The molecule has 4 nitrogen and oxygen atoms in total. The zero-order valence-electron chi connectivity index (χ0n) is 26.3. The second-order valence-electron chi connectivity index (χ2n) is 12.1. The number of hydrogen-bond acceptors (Lipinski definition) is 2. The standard InChI is InChI=1S/C34H38ClF5N4/c1-17(2)23-13-20(6)14-24(18(3)4)33(23)41-22(8)43-10-9-11-44(16-43)34(42-32-21(7)12-19(5)15-25(32)35)26-27(36)29(38)31(40)30(39)28(26)37/h12-15,17-18H,9-11,16H2,1-8H3. The Bertz CT molecular complexity index is 1570. The molecule has 0 saturated carbocycles. The zero-order chi connectivity index (χ0) is 32.6. The fourth-order valence-corrected chi connectivity index (χ4v) is 5.92. The van der Waals surface area contributed by atoms with E-state index in [-0.39, 0.29) is 35.8 Å². The van der Waals surface area contributed by atoms with Crippen LogP contribution < -0.4 is 0 Å². The SMILES string of the molecule is CC(=Nc1c(C(C)C)cc(C)cc1C(C)C)N1CCCN(C(=Nc2c(C)cc(C)cc2Cl)c2c(F)c(F)c(F)c(F)c2F)C1. The predicted octanol–water partition coefficient (Wildman–Crippen LogP) is 10.0. The maximum absolute atomic E-state index is 15.3. The van der Waals surface area contributed by atoms with E-state index in [2.05, 4.69) is 51.7 Å². The first-order valence-electron chi connectivity index (χ1n) is 14.7. The van der Waals surface area contributed by atoms with Gasteiger partial charge in [-0.25, -0.2) is 31.9 Å². The summed E-state index contributed by atoms with van der Waals surface area (Å²) in [4.78, 5) is 13.0. The molecule has 0 bridgehead atoms. The monoisotopic (exact) mass is 632 g/mol. The van der Waals surface area contributed by atoms with E-state index in [1.54, 1.807) is 19.1 Å². The van der Waals surface area contributed by atoms with Crippen LogP contribution in [-0.2, 0) is 0 Å². The lowest BCUT2D eigenvalue weighted by Gasteiger charge is -2.39. The van der Waals surface area contributed by atoms with E-state index in [0.29, 0.717) is 24.4 Å². The van der Waals surface area contributed by atoms with Crippen LogP contribution in [0.25, 0.3) is 0 Å². The third-order valence-corrected chi connectivity index (χ3v) is 8.12. The van der Waals surface area contributed by atoms with E-state index < -0.39 is 40.5 Å². The Hall–Kier alpha value is -3.46. The van der Waals surface area contributed by atoms with Gasteiger partial charge in [-0.1, -0.05) is 63.1 Å². The quantitative estimate of drug-likeness (QED) is 0.0921. The Labute approximate surface area is 261 Å². The highest BCUT2D eigenvalue weighted by Crippen LogP contribution is 2.37. The van der Waals surface area contributed by atoms with Crippen LogP contribution in [-0.4, -0.2) is 41.2 Å². The Morgan fingerprint density at radius 1 is 0.705 bits per heavy atom. The highest BCUT2D eigenvalue weighted by atomic mass is 35.5. The van der Waals surface area contributed by atoms with Crippen molar-refractivity contribution in [3.8, 4) is 0 Å². The first-order valence-corrected chi connectivity index (χ1v) is 15.1. The maximum atomic E-state index is 15.3. The molecule has 0 atom stereocenters. The molecule has 0 amide bonds. The minimum absolute atomic E-state index is 0.0517. The average Bonchev–Trinajstić information content (AvgIpc) is 2.96. The summed E-state index contributed by atoms with van der Waals surface area (Å²) in [7, 11) is 0. The molecule has 1 heterocycles. The molecule has 0 spiro atoms. The van der Waals surface area contributed by atoms with Crippen molar-refractivity contribution in [1.29, 1.82) is 0 Å². The molecule has 4 rings (SSSR count). The molecule has 10 heteroatoms. The second kappa shape index (κ2) is 13.3. The molecule has 236 valence electrons. The molecule has 3 aromatic carbocycles. The highest BCUT2D eigenvalue weighted by Gasteiger charge is 2.33. The van der Waals surface area contributed by atoms with Crippen LogP contribution in [0.2, 0.25) is 5.02 Å². The van der Waals surface area contributed by atoms with Gasteiger partial charge in [0.15, 0.2) is 23.3 Å². The molecule has 0 N–H and O–H groups in total. The fraction of sp³-hybridized carbons (Fsp3) is 0.412. The molecule has 1 saturated heterocycles. The third-order valence-electron chi connectivity index (χ3n) is 7.83. The van der Waals surface area contributed by atoms with Crippen molar-refractivity contribution >= 4 is 34.6 Å². The molecule has 0 aromatic heterocycles. The molecule has 0 radical (unpaired) electrons. The Kier molecular flexibility index (Phi) is 10.1. The first kappa shape index (κ1) is 33.4. The number of rotatable bonds is 5. The van der Waals surface area contributed by atoms with Crippen molar-refractivity contribution in [3.63, 3.8) is 0 Å². The molecular formula is C34H38ClF5N4. The van der Waals surface area contributed by atoms with E-state index in [9.17, 15) is 13.2 Å². The minimum atomic E-state index is -2.23. The lowest BCUT2D eigenvalue weighted by molar-refractivity contribution is 0.211. The van der Waals surface area contributed by atoms with Crippen molar-refractivity contribution in [2.45, 2.75) is 73.6 Å². The largest absolute Gasteiger partial charge is 0.342 e. The van der Waals surface area contributed by atoms with E-state index >= 15 is 8.78 Å². The van der Waals surface area contributed by atoms with Crippen LogP contribution in [0.15, 0.2) is 34.3 Å². The lowest BCUT2D eigenvalue weighted by atomic mass is 9.91. The molecule has 1 aliphatic heterocycles. The van der Waals surface area contributed by atoms with Crippen LogP contribution in [0.1, 0.15) is 86.3 Å². The zero-order valence-corrected chi connectivity index (χ0v) is 27.1. The van der Waals surface area contributed by atoms with E-state index in [0.717, 1.165) is 27.9 Å². The Balaban J connectivity index is 1.86. The summed E-state index contributed by atoms with van der Waals surface area (Å²) in [5.74, 6) is -9.51. The van der Waals surface area contributed by atoms with Gasteiger partial charge in [-0.15, -0.1) is 0 Å². The van der Waals surface area contributed by atoms with Gasteiger partial charge in [0.25, 0.3) is 0 Å². The van der Waals surface area contributed by atoms with Crippen molar-refractivity contribution in [2.75, 3.05) is 19.8 Å². The van der Waals surface area contributed by atoms with Crippen molar-refractivity contribution in [1.82, 2.24) is 9.80 Å². The summed E-state index contributed by atoms with van der Waals surface area (Å²) in [6, 6.07) is 7.67. The summed E-state index contributed by atoms with van der Waals surface area (Å²) in [5, 5.41) is 0.192. The maximum Gasteiger partial charge on any atom is 0.200 e. The van der Waals surface area contributed by atoms with E-state index in [1.807, 2.05) is 18.7 Å². The predicted molar refractivity (Wildman–Crippen MR) is 168 cm³/mol. The van der Waals surface area contributed by atoms with Crippen LogP contribution in [0.4, 0.5) is 33.3 Å². The number of halogens is 6. The summed E-state index contributed by atoms with van der Waals surface area (Å²) in [5.41, 5.74) is 4.74. The number of amidine groups is 2. The van der Waals surface area contributed by atoms with Gasteiger partial charge in [0.1, 0.15) is 11.7 Å². The number of aliphatic imine (C=N–C) groups is 2. The molecule has 0 aliphatic carbocycles. The van der Waals surface area contributed by atoms with Gasteiger partial charge in [0.05, 0.1) is 28.6 Å². The van der Waals surface area contributed by atoms with Crippen molar-refractivity contribution in [3.05, 3.63) is 91.8 Å². The van der Waals surface area contributed by atoms with E-state index in [4.69, 9.17) is 16.6 Å². The van der Waals surface area contributed by atoms with Gasteiger partial charge in [-0.05, 0) is 74.3 Å². The number of aryl methyl sites for hydroxylation is 3. The van der Waals surface area contributed by atoms with Gasteiger partial charge < -0.3 is 9.80 Å². The molecule has 1 aliphatic rings. The molecule has 3 aromatic rings. The summed E-state index contributed by atoms with van der Waals surface area (Å²) in [6.07, 6.45) is 0.518. The highest BCUT2D eigenvalue weighted by molar-refractivity contribution is 6.33. The normalized spacial score (nSPS) is 14.8. The Morgan fingerprint density at radius 2 is 1.20 bits per heavy atom. The number of hydrogen-bond donors (Lipinski definition) is 0. The molecule has 1 fully saturated rings. The van der Waals surface area contributed by atoms with Gasteiger partial charge in [-0.2, -0.15) is 0 Å². The van der Waals surface area contributed by atoms with Crippen LogP contribution >= 0.6 is 11.6 Å². The van der Waals surface area contributed by atoms with Gasteiger partial charge >= 0.3 is 0 Å². The van der Waals surface area contributed by atoms with Crippen LogP contribution in [0.5, 0.6) is 0 Å². The average molecular weight is 633 g/mol. The summed E-state index contributed by atoms with van der Waals surface area (Å²) < 4.78 is 73.6. The molecule has 44 heavy (non-hydrogen) atoms. The second-order valence-corrected chi connectivity index (χ2v) is 12.5. The Morgan fingerprint density at radius 3 is 1.73 bits per heavy atom. The number of nitrogens with zero attached hydrogens (tertiary/aromatic N) is 4. The topological polar surface area (TPSA) is 31.2 Å². The fourth-order valence-electron chi connectivity index (χ4n) is 5.56. The van der Waals surface area contributed by atoms with Gasteiger partial charge in [-0.3, -0.25) is 0 Å². The van der Waals surface area contributed by atoms with Crippen molar-refractivity contribution < 1.29 is 22.0 Å². The summed E-state index contributed by atoms with van der Waals surface area (Å²) in [6.45, 7) is 16.8. The van der Waals surface area contributed by atoms with E-state index in [1.165, 1.54) is 4.90 Å². The van der Waals surface area contributed by atoms with Crippen LogP contribution in [0.3, 0.4) is 0 Å². The minimum Gasteiger partial charge on any atom is -0.342 e. The first-order chi connectivity index (χ1) is 20.6. The lowest BCUT2D eigenvalue weighted by Crippen LogP contribution is -2.49. The smallest absolute Gasteiger partial charge is 0.200 e.